The highest BCUT2D eigenvalue weighted by molar-refractivity contribution is 7.99. The second-order valence-electron chi connectivity index (χ2n) is 6.01. The van der Waals surface area contributed by atoms with Crippen LogP contribution in [0.25, 0.3) is 11.4 Å². The van der Waals surface area contributed by atoms with E-state index in [0.717, 1.165) is 0 Å². The standard InChI is InChI=1S/C19H18ClN5O4S/c1-3-24-18(13-10-12(20)8-9-16(13)29-2)22-23-19(24)30-11-17(26)21-14-6-4-5-7-15(14)25(27)28/h4-10H,3,11H2,1-2H3,(H,21,26). The van der Waals surface area contributed by atoms with E-state index in [1.165, 1.54) is 30.0 Å². The number of hydrogen-bond acceptors (Lipinski definition) is 7. The molecule has 0 spiro atoms. The van der Waals surface area contributed by atoms with Gasteiger partial charge in [0.2, 0.25) is 5.91 Å². The van der Waals surface area contributed by atoms with Gasteiger partial charge in [-0.15, -0.1) is 10.2 Å². The fraction of sp³-hybridized carbons (Fsp3) is 0.211. The molecule has 0 atom stereocenters. The van der Waals surface area contributed by atoms with E-state index in [2.05, 4.69) is 15.5 Å². The number of ether oxygens (including phenoxy) is 1. The molecule has 3 aromatic rings. The van der Waals surface area contributed by atoms with Gasteiger partial charge in [-0.05, 0) is 31.2 Å². The summed E-state index contributed by atoms with van der Waals surface area (Å²) >= 11 is 7.30. The molecule has 1 aromatic heterocycles. The smallest absolute Gasteiger partial charge is 0.292 e. The Kier molecular flexibility index (Phi) is 6.91. The molecule has 30 heavy (non-hydrogen) atoms. The minimum absolute atomic E-state index is 0.0108. The number of aromatic nitrogens is 3. The Morgan fingerprint density at radius 2 is 2.07 bits per heavy atom. The Balaban J connectivity index is 1.77. The van der Waals surface area contributed by atoms with Gasteiger partial charge in [-0.2, -0.15) is 0 Å². The summed E-state index contributed by atoms with van der Waals surface area (Å²) in [5, 5.41) is 23.1. The number of nitro benzene ring substituents is 1. The minimum atomic E-state index is -0.541. The molecule has 0 unspecified atom stereocenters. The lowest BCUT2D eigenvalue weighted by Gasteiger charge is -2.11. The molecule has 0 saturated carbocycles. The van der Waals surface area contributed by atoms with Crippen LogP contribution in [0.5, 0.6) is 5.75 Å². The quantitative estimate of drug-likeness (QED) is 0.311. The summed E-state index contributed by atoms with van der Waals surface area (Å²) in [5.41, 5.74) is 0.674. The van der Waals surface area contributed by atoms with Crippen LogP contribution in [-0.4, -0.2) is 38.5 Å². The van der Waals surface area contributed by atoms with Crippen molar-refractivity contribution in [1.29, 1.82) is 0 Å². The highest BCUT2D eigenvalue weighted by Gasteiger charge is 2.19. The largest absolute Gasteiger partial charge is 0.496 e. The highest BCUT2D eigenvalue weighted by Crippen LogP contribution is 2.33. The van der Waals surface area contributed by atoms with E-state index in [-0.39, 0.29) is 23.0 Å². The first-order chi connectivity index (χ1) is 14.4. The van der Waals surface area contributed by atoms with Gasteiger partial charge in [0, 0.05) is 17.6 Å². The summed E-state index contributed by atoms with van der Waals surface area (Å²) in [6.45, 7) is 2.49. The van der Waals surface area contributed by atoms with Gasteiger partial charge < -0.3 is 14.6 Å². The van der Waals surface area contributed by atoms with E-state index in [1.807, 2.05) is 11.5 Å². The lowest BCUT2D eigenvalue weighted by molar-refractivity contribution is -0.383. The van der Waals surface area contributed by atoms with Crippen LogP contribution in [0.4, 0.5) is 11.4 Å². The van der Waals surface area contributed by atoms with Crippen LogP contribution in [0.2, 0.25) is 5.02 Å². The first kappa shape index (κ1) is 21.6. The zero-order valence-corrected chi connectivity index (χ0v) is 17.7. The summed E-state index contributed by atoms with van der Waals surface area (Å²) in [7, 11) is 1.56. The second-order valence-corrected chi connectivity index (χ2v) is 7.39. The SMILES string of the molecule is CCn1c(SCC(=O)Nc2ccccc2[N+](=O)[O-])nnc1-c1cc(Cl)ccc1OC. The number of nitrogens with one attached hydrogen (secondary N) is 1. The van der Waals surface area contributed by atoms with E-state index in [4.69, 9.17) is 16.3 Å². The lowest BCUT2D eigenvalue weighted by atomic mass is 10.2. The van der Waals surface area contributed by atoms with E-state index < -0.39 is 4.92 Å². The molecule has 9 nitrogen and oxygen atoms in total. The van der Waals surface area contributed by atoms with Crippen LogP contribution in [0.3, 0.4) is 0 Å². The first-order valence-corrected chi connectivity index (χ1v) is 10.2. The number of carbonyl (C=O) groups excluding carboxylic acids is 1. The maximum atomic E-state index is 12.3. The molecule has 2 aromatic carbocycles. The number of benzene rings is 2. The molecule has 0 aliphatic rings. The van der Waals surface area contributed by atoms with Crippen molar-refractivity contribution in [2.45, 2.75) is 18.6 Å². The van der Waals surface area contributed by atoms with Crippen molar-refractivity contribution in [3.63, 3.8) is 0 Å². The van der Waals surface area contributed by atoms with Gasteiger partial charge in [0.1, 0.15) is 11.4 Å². The van der Waals surface area contributed by atoms with Gasteiger partial charge in [-0.1, -0.05) is 35.5 Å². The molecule has 0 aliphatic carbocycles. The molecule has 0 radical (unpaired) electrons. The number of nitrogens with zero attached hydrogens (tertiary/aromatic N) is 4. The van der Waals surface area contributed by atoms with Crippen LogP contribution < -0.4 is 10.1 Å². The number of rotatable bonds is 8. The first-order valence-electron chi connectivity index (χ1n) is 8.87. The molecule has 0 aliphatic heterocycles. The summed E-state index contributed by atoms with van der Waals surface area (Å²) in [4.78, 5) is 22.9. The highest BCUT2D eigenvalue weighted by atomic mass is 35.5. The Morgan fingerprint density at radius 3 is 2.77 bits per heavy atom. The van der Waals surface area contributed by atoms with Gasteiger partial charge in [0.15, 0.2) is 11.0 Å². The number of amides is 1. The molecule has 0 saturated heterocycles. The molecule has 1 amide bonds. The Bertz CT molecular complexity index is 1090. The zero-order chi connectivity index (χ0) is 21.7. The fourth-order valence-electron chi connectivity index (χ4n) is 2.79. The van der Waals surface area contributed by atoms with Gasteiger partial charge in [0.25, 0.3) is 5.69 Å². The van der Waals surface area contributed by atoms with Crippen molar-refractivity contribution >= 4 is 40.6 Å². The third-order valence-corrected chi connectivity index (χ3v) is 5.34. The lowest BCUT2D eigenvalue weighted by Crippen LogP contribution is -2.15. The third-order valence-electron chi connectivity index (χ3n) is 4.14. The van der Waals surface area contributed by atoms with Crippen LogP contribution in [0, 0.1) is 10.1 Å². The summed E-state index contributed by atoms with van der Waals surface area (Å²) in [6, 6.07) is 11.2. The molecule has 0 bridgehead atoms. The molecular weight excluding hydrogens is 430 g/mol. The predicted molar refractivity (Wildman–Crippen MR) is 115 cm³/mol. The molecule has 3 rings (SSSR count). The van der Waals surface area contributed by atoms with Crippen molar-refractivity contribution in [2.75, 3.05) is 18.2 Å². The summed E-state index contributed by atoms with van der Waals surface area (Å²) in [6.07, 6.45) is 0. The van der Waals surface area contributed by atoms with Gasteiger partial charge in [-0.3, -0.25) is 14.9 Å². The predicted octanol–water partition coefficient (Wildman–Crippen LogP) is 4.27. The average Bonchev–Trinajstić information content (AvgIpc) is 3.15. The number of carbonyl (C=O) groups is 1. The molecule has 1 heterocycles. The van der Waals surface area contributed by atoms with Crippen molar-refractivity contribution in [3.8, 4) is 17.1 Å². The van der Waals surface area contributed by atoms with E-state index in [0.29, 0.717) is 33.9 Å². The van der Waals surface area contributed by atoms with E-state index in [1.54, 1.807) is 31.4 Å². The number of halogens is 1. The molecule has 0 fully saturated rings. The third kappa shape index (κ3) is 4.71. The van der Waals surface area contributed by atoms with Crippen LogP contribution in [0.1, 0.15) is 6.92 Å². The van der Waals surface area contributed by atoms with Crippen LogP contribution >= 0.6 is 23.4 Å². The summed E-state index contributed by atoms with van der Waals surface area (Å²) < 4.78 is 7.24. The van der Waals surface area contributed by atoms with E-state index in [9.17, 15) is 14.9 Å². The fourth-order valence-corrected chi connectivity index (χ4v) is 3.76. The average molecular weight is 448 g/mol. The molecule has 1 N–H and O–H groups in total. The van der Waals surface area contributed by atoms with Crippen molar-refractivity contribution in [2.24, 2.45) is 0 Å². The summed E-state index contributed by atoms with van der Waals surface area (Å²) in [5.74, 6) is 0.795. The Morgan fingerprint density at radius 1 is 1.30 bits per heavy atom. The van der Waals surface area contributed by atoms with Gasteiger partial charge in [0.05, 0.1) is 23.3 Å². The van der Waals surface area contributed by atoms with Crippen LogP contribution in [-0.2, 0) is 11.3 Å². The number of methoxy groups -OCH3 is 1. The Labute approximate surface area is 181 Å². The van der Waals surface area contributed by atoms with Crippen molar-refractivity contribution < 1.29 is 14.5 Å². The Hall–Kier alpha value is -3.11. The van der Waals surface area contributed by atoms with E-state index >= 15 is 0 Å². The van der Waals surface area contributed by atoms with Crippen LogP contribution in [0.15, 0.2) is 47.6 Å². The molecular formula is C19H18ClN5O4S. The number of thioether (sulfide) groups is 1. The number of anilines is 1. The number of para-hydroxylation sites is 2. The molecule has 11 heteroatoms. The number of nitro groups is 1. The van der Waals surface area contributed by atoms with Crippen molar-refractivity contribution in [3.05, 3.63) is 57.6 Å². The normalized spacial score (nSPS) is 10.6. The number of hydrogen-bond donors (Lipinski definition) is 1. The minimum Gasteiger partial charge on any atom is -0.496 e. The molecule has 156 valence electrons. The maximum absolute atomic E-state index is 12.3. The van der Waals surface area contributed by atoms with Gasteiger partial charge >= 0.3 is 0 Å². The monoisotopic (exact) mass is 447 g/mol. The second kappa shape index (κ2) is 9.59. The topological polar surface area (TPSA) is 112 Å². The van der Waals surface area contributed by atoms with Crippen molar-refractivity contribution in [1.82, 2.24) is 14.8 Å². The maximum Gasteiger partial charge on any atom is 0.292 e. The zero-order valence-electron chi connectivity index (χ0n) is 16.2. The van der Waals surface area contributed by atoms with Gasteiger partial charge in [-0.25, -0.2) is 0 Å².